The summed E-state index contributed by atoms with van der Waals surface area (Å²) in [5.74, 6) is 0. The molecule has 1 nitrogen and oxygen atoms in total. The van der Waals surface area contributed by atoms with Crippen molar-refractivity contribution in [2.24, 2.45) is 0 Å². The number of hydrogen-bond donors (Lipinski definition) is 0. The highest BCUT2D eigenvalue weighted by molar-refractivity contribution is 7.97. The third kappa shape index (κ3) is 1.39. The molecule has 0 aliphatic carbocycles. The summed E-state index contributed by atoms with van der Waals surface area (Å²) in [5, 5.41) is 0. The third-order valence-electron chi connectivity index (χ3n) is 1.73. The normalized spacial score (nSPS) is 17.9. The second-order valence-corrected chi connectivity index (χ2v) is 3.51. The number of rotatable bonds is 0. The summed E-state index contributed by atoms with van der Waals surface area (Å²) in [6.45, 7) is 0.502. The molecule has 0 fully saturated rings. The van der Waals surface area contributed by atoms with Crippen LogP contribution in [0.15, 0.2) is 29.2 Å². The highest BCUT2D eigenvalue weighted by Crippen LogP contribution is 2.31. The lowest BCUT2D eigenvalue weighted by Gasteiger charge is -2.18. The van der Waals surface area contributed by atoms with Crippen LogP contribution in [-0.4, -0.2) is 11.1 Å². The smallest absolute Gasteiger partial charge is 0.0452 e. The Morgan fingerprint density at radius 2 is 2.18 bits per heavy atom. The predicted octanol–water partition coefficient (Wildman–Crippen LogP) is 2.44. The fraction of sp³-hybridized carbons (Fsp3) is 0.250. The van der Waals surface area contributed by atoms with Crippen molar-refractivity contribution in [3.63, 3.8) is 0 Å². The van der Waals surface area contributed by atoms with Gasteiger partial charge in [0.05, 0.1) is 0 Å². The molecule has 1 aromatic rings. The highest BCUT2D eigenvalue weighted by Gasteiger charge is 2.15. The van der Waals surface area contributed by atoms with Gasteiger partial charge in [-0.2, -0.15) is 0 Å². The summed E-state index contributed by atoms with van der Waals surface area (Å²) in [6.07, 6.45) is 0.819. The second-order valence-electron chi connectivity index (χ2n) is 2.49. The first kappa shape index (κ1) is 7.13. The Balaban J connectivity index is 2.34. The van der Waals surface area contributed by atoms with Crippen LogP contribution in [0, 0.1) is 0 Å². The number of benzene rings is 1. The summed E-state index contributed by atoms with van der Waals surface area (Å²) in [7, 11) is 0. The van der Waals surface area contributed by atoms with E-state index in [-0.39, 0.29) is 0 Å². The fourth-order valence-electron chi connectivity index (χ4n) is 1.16. The van der Waals surface area contributed by atoms with Crippen molar-refractivity contribution in [2.45, 2.75) is 11.3 Å². The fourth-order valence-corrected chi connectivity index (χ4v) is 1.98. The zero-order chi connectivity index (χ0) is 7.68. The first-order chi connectivity index (χ1) is 5.36. The summed E-state index contributed by atoms with van der Waals surface area (Å²) < 4.78 is 13.4. The predicted molar refractivity (Wildman–Crippen MR) is 43.8 cm³/mol. The van der Waals surface area contributed by atoms with E-state index in [4.69, 9.17) is 0 Å². The van der Waals surface area contributed by atoms with Gasteiger partial charge in [0.25, 0.3) is 0 Å². The zero-order valence-corrected chi connectivity index (χ0v) is 6.77. The quantitative estimate of drug-likeness (QED) is 0.433. The maximum Gasteiger partial charge on any atom is 0.0452 e. The Hall–Kier alpha value is -0.540. The lowest BCUT2D eigenvalue weighted by molar-refractivity contribution is 0.157. The molecule has 58 valence electrons. The van der Waals surface area contributed by atoms with Crippen molar-refractivity contribution >= 4 is 11.9 Å². The molecule has 0 saturated heterocycles. The monoisotopic (exact) mass is 169 g/mol. The molecule has 11 heavy (non-hydrogen) atoms. The van der Waals surface area contributed by atoms with Crippen LogP contribution >= 0.6 is 11.9 Å². The summed E-state index contributed by atoms with van der Waals surface area (Å²) >= 11 is 1.18. The first-order valence-electron chi connectivity index (χ1n) is 3.55. The Kier molecular flexibility index (Phi) is 1.84. The molecule has 0 radical (unpaired) electrons. The first-order valence-corrected chi connectivity index (χ1v) is 4.33. The van der Waals surface area contributed by atoms with Crippen LogP contribution in [-0.2, 0) is 6.42 Å². The van der Waals surface area contributed by atoms with Crippen molar-refractivity contribution in [1.82, 2.24) is 4.53 Å². The Morgan fingerprint density at radius 3 is 3.09 bits per heavy atom. The van der Waals surface area contributed by atoms with Crippen LogP contribution in [0.2, 0.25) is 0 Å². The molecule has 0 N–H and O–H groups in total. The Labute approximate surface area is 69.3 Å². The third-order valence-corrected chi connectivity index (χ3v) is 2.70. The largest absolute Gasteiger partial charge is 0.122 e. The average molecular weight is 169 g/mol. The van der Waals surface area contributed by atoms with Gasteiger partial charge in [0.1, 0.15) is 0 Å². The van der Waals surface area contributed by atoms with E-state index in [1.54, 1.807) is 0 Å². The Morgan fingerprint density at radius 1 is 1.36 bits per heavy atom. The lowest BCUT2D eigenvalue weighted by Crippen LogP contribution is -2.14. The van der Waals surface area contributed by atoms with Crippen molar-refractivity contribution in [3.8, 4) is 0 Å². The van der Waals surface area contributed by atoms with Gasteiger partial charge in [-0.1, -0.05) is 22.7 Å². The maximum absolute atomic E-state index is 12.7. The minimum Gasteiger partial charge on any atom is -0.122 e. The van der Waals surface area contributed by atoms with E-state index in [1.807, 2.05) is 18.2 Å². The molecule has 0 bridgehead atoms. The van der Waals surface area contributed by atoms with Crippen LogP contribution in [0.4, 0.5) is 4.48 Å². The minimum absolute atomic E-state index is 0.502. The van der Waals surface area contributed by atoms with Gasteiger partial charge in [0, 0.05) is 11.4 Å². The molecule has 1 aromatic carbocycles. The average Bonchev–Trinajstić information content (AvgIpc) is 2.04. The van der Waals surface area contributed by atoms with Crippen LogP contribution < -0.4 is 0 Å². The topological polar surface area (TPSA) is 3.24 Å². The number of fused-ring (bicyclic) bond motifs is 1. The molecular weight excluding hydrogens is 161 g/mol. The van der Waals surface area contributed by atoms with Gasteiger partial charge in [-0.3, -0.25) is 0 Å². The van der Waals surface area contributed by atoms with Crippen molar-refractivity contribution in [3.05, 3.63) is 29.8 Å². The maximum atomic E-state index is 12.7. The molecule has 1 aliphatic heterocycles. The molecular formula is C8H8FNS. The number of halogens is 1. The molecule has 3 heteroatoms. The summed E-state index contributed by atoms with van der Waals surface area (Å²) in [6, 6.07) is 7.93. The van der Waals surface area contributed by atoms with E-state index in [0.717, 1.165) is 15.8 Å². The van der Waals surface area contributed by atoms with E-state index >= 15 is 0 Å². The van der Waals surface area contributed by atoms with Crippen molar-refractivity contribution < 1.29 is 4.48 Å². The minimum atomic E-state index is 0.502. The van der Waals surface area contributed by atoms with Crippen LogP contribution in [0.5, 0.6) is 0 Å². The highest BCUT2D eigenvalue weighted by atomic mass is 32.2. The molecule has 0 atom stereocenters. The van der Waals surface area contributed by atoms with Crippen LogP contribution in [0.1, 0.15) is 5.56 Å². The van der Waals surface area contributed by atoms with Gasteiger partial charge in [-0.05, 0) is 30.0 Å². The van der Waals surface area contributed by atoms with Gasteiger partial charge in [0.2, 0.25) is 0 Å². The molecule has 0 unspecified atom stereocenters. The van der Waals surface area contributed by atoms with Gasteiger partial charge in [-0.15, -0.1) is 4.48 Å². The van der Waals surface area contributed by atoms with E-state index in [2.05, 4.69) is 6.07 Å². The molecule has 1 heterocycles. The molecule has 2 rings (SSSR count). The van der Waals surface area contributed by atoms with Crippen LogP contribution in [0.3, 0.4) is 0 Å². The lowest BCUT2D eigenvalue weighted by atomic mass is 10.1. The van der Waals surface area contributed by atoms with E-state index in [0.29, 0.717) is 6.54 Å². The molecule has 0 amide bonds. The number of hydrogen-bond acceptors (Lipinski definition) is 2. The number of nitrogens with zero attached hydrogens (tertiary/aromatic N) is 1. The standard InChI is InChI=1S/C8H8FNS/c9-10-6-5-7-3-1-2-4-8(7)11-10/h1-4H,5-6H2. The van der Waals surface area contributed by atoms with Crippen molar-refractivity contribution in [2.75, 3.05) is 6.54 Å². The Bertz CT molecular complexity index is 264. The van der Waals surface area contributed by atoms with Gasteiger partial charge in [0.15, 0.2) is 0 Å². The molecule has 0 spiro atoms. The van der Waals surface area contributed by atoms with Crippen LogP contribution in [0.25, 0.3) is 0 Å². The van der Waals surface area contributed by atoms with E-state index < -0.39 is 0 Å². The van der Waals surface area contributed by atoms with E-state index in [9.17, 15) is 4.48 Å². The molecule has 0 aromatic heterocycles. The van der Waals surface area contributed by atoms with Gasteiger partial charge in [-0.25, -0.2) is 0 Å². The van der Waals surface area contributed by atoms with Gasteiger partial charge >= 0.3 is 0 Å². The SMILES string of the molecule is FN1CCc2ccccc2S1. The zero-order valence-electron chi connectivity index (χ0n) is 5.96. The van der Waals surface area contributed by atoms with E-state index in [1.165, 1.54) is 17.5 Å². The second kappa shape index (κ2) is 2.83. The molecule has 0 saturated carbocycles. The van der Waals surface area contributed by atoms with Crippen molar-refractivity contribution in [1.29, 1.82) is 0 Å². The summed E-state index contributed by atoms with van der Waals surface area (Å²) in [5.41, 5.74) is 1.26. The molecule has 1 aliphatic rings. The summed E-state index contributed by atoms with van der Waals surface area (Å²) in [4.78, 5) is 1.04. The van der Waals surface area contributed by atoms with Gasteiger partial charge < -0.3 is 0 Å².